The van der Waals surface area contributed by atoms with Gasteiger partial charge in [-0.1, -0.05) is 32.2 Å². The number of nitrogen functional groups attached to an aromatic ring is 1. The summed E-state index contributed by atoms with van der Waals surface area (Å²) in [4.78, 5) is 3.91. The molecule has 0 atom stereocenters. The maximum atomic E-state index is 13.6. The van der Waals surface area contributed by atoms with Crippen LogP contribution >= 0.6 is 0 Å². The Labute approximate surface area is 102 Å². The van der Waals surface area contributed by atoms with Crippen molar-refractivity contribution < 1.29 is 4.39 Å². The zero-order chi connectivity index (χ0) is 12.1. The summed E-state index contributed by atoms with van der Waals surface area (Å²) in [7, 11) is 0. The maximum Gasteiger partial charge on any atom is 0.149 e. The normalized spacial score (nSPS) is 11.4. The molecule has 1 aromatic rings. The maximum absolute atomic E-state index is 13.6. The van der Waals surface area contributed by atoms with Crippen LogP contribution in [0.5, 0.6) is 0 Å². The van der Waals surface area contributed by atoms with Crippen LogP contribution in [-0.2, 0) is 0 Å². The van der Waals surface area contributed by atoms with Gasteiger partial charge in [0, 0.05) is 18.0 Å². The van der Waals surface area contributed by atoms with Crippen molar-refractivity contribution in [3.8, 4) is 0 Å². The third-order valence-electron chi connectivity index (χ3n) is 2.31. The molecule has 92 valence electrons. The SMILES string of the molecule is C.C=CN=C/C(=C\C)c1ccc(C)c(F)c1N. The second-order valence-electron chi connectivity index (χ2n) is 3.36. The number of halogens is 1. The van der Waals surface area contributed by atoms with Crippen molar-refractivity contribution in [1.29, 1.82) is 0 Å². The summed E-state index contributed by atoms with van der Waals surface area (Å²) in [6.07, 6.45) is 4.85. The van der Waals surface area contributed by atoms with E-state index in [0.717, 1.165) is 5.57 Å². The van der Waals surface area contributed by atoms with Crippen LogP contribution in [0.2, 0.25) is 0 Å². The molecule has 3 heteroatoms. The molecule has 1 rings (SSSR count). The molecule has 0 unspecified atom stereocenters. The van der Waals surface area contributed by atoms with E-state index in [2.05, 4.69) is 11.6 Å². The number of benzene rings is 1. The van der Waals surface area contributed by atoms with E-state index in [4.69, 9.17) is 5.73 Å². The van der Waals surface area contributed by atoms with Crippen molar-refractivity contribution >= 4 is 17.5 Å². The lowest BCUT2D eigenvalue weighted by molar-refractivity contribution is 0.623. The van der Waals surface area contributed by atoms with Gasteiger partial charge in [-0.3, -0.25) is 4.99 Å². The van der Waals surface area contributed by atoms with E-state index in [1.807, 2.05) is 13.0 Å². The molecule has 0 aromatic heterocycles. The topological polar surface area (TPSA) is 38.4 Å². The molecule has 1 aromatic carbocycles. The quantitative estimate of drug-likeness (QED) is 0.623. The van der Waals surface area contributed by atoms with Crippen molar-refractivity contribution in [3.05, 3.63) is 47.9 Å². The first-order valence-electron chi connectivity index (χ1n) is 4.97. The van der Waals surface area contributed by atoms with Gasteiger partial charge in [0.25, 0.3) is 0 Å². The monoisotopic (exact) mass is 234 g/mol. The van der Waals surface area contributed by atoms with Gasteiger partial charge in [-0.15, -0.1) is 0 Å². The van der Waals surface area contributed by atoms with E-state index >= 15 is 0 Å². The van der Waals surface area contributed by atoms with E-state index in [1.54, 1.807) is 25.3 Å². The number of allylic oxidation sites excluding steroid dienone is 2. The summed E-state index contributed by atoms with van der Waals surface area (Å²) < 4.78 is 13.6. The average molecular weight is 234 g/mol. The Morgan fingerprint density at radius 3 is 2.65 bits per heavy atom. The number of aryl methyl sites for hydroxylation is 1. The Hall–Kier alpha value is -1.90. The third kappa shape index (κ3) is 3.28. The highest BCUT2D eigenvalue weighted by Gasteiger charge is 2.09. The van der Waals surface area contributed by atoms with Crippen molar-refractivity contribution in [3.63, 3.8) is 0 Å². The van der Waals surface area contributed by atoms with Crippen molar-refractivity contribution in [2.75, 3.05) is 5.73 Å². The molecule has 0 fully saturated rings. The summed E-state index contributed by atoms with van der Waals surface area (Å²) >= 11 is 0. The number of nitrogens with two attached hydrogens (primary N) is 1. The predicted octanol–water partition coefficient (Wildman–Crippen LogP) is 3.97. The molecule has 0 saturated carbocycles. The van der Waals surface area contributed by atoms with Crippen LogP contribution in [0.4, 0.5) is 10.1 Å². The van der Waals surface area contributed by atoms with Gasteiger partial charge in [0.15, 0.2) is 0 Å². The molecule has 0 amide bonds. The fourth-order valence-corrected chi connectivity index (χ4v) is 1.39. The van der Waals surface area contributed by atoms with Gasteiger partial charge in [0.1, 0.15) is 5.82 Å². The van der Waals surface area contributed by atoms with E-state index in [0.29, 0.717) is 11.1 Å². The number of hydrogen-bond donors (Lipinski definition) is 1. The molecule has 0 saturated heterocycles. The van der Waals surface area contributed by atoms with Gasteiger partial charge in [-0.05, 0) is 25.0 Å². The molecule has 0 bridgehead atoms. The van der Waals surface area contributed by atoms with Crippen LogP contribution in [0, 0.1) is 12.7 Å². The van der Waals surface area contributed by atoms with E-state index in [-0.39, 0.29) is 18.9 Å². The van der Waals surface area contributed by atoms with Gasteiger partial charge in [0.05, 0.1) is 5.69 Å². The van der Waals surface area contributed by atoms with Crippen LogP contribution < -0.4 is 5.73 Å². The van der Waals surface area contributed by atoms with E-state index in [9.17, 15) is 4.39 Å². The van der Waals surface area contributed by atoms with E-state index in [1.165, 1.54) is 6.20 Å². The smallest absolute Gasteiger partial charge is 0.149 e. The summed E-state index contributed by atoms with van der Waals surface area (Å²) in [6, 6.07) is 3.49. The molecular formula is C14H19FN2. The Morgan fingerprint density at radius 1 is 1.47 bits per heavy atom. The lowest BCUT2D eigenvalue weighted by Gasteiger charge is -2.08. The molecule has 2 N–H and O–H groups in total. The fourth-order valence-electron chi connectivity index (χ4n) is 1.39. The summed E-state index contributed by atoms with van der Waals surface area (Å²) in [5.74, 6) is -0.371. The van der Waals surface area contributed by atoms with Crippen molar-refractivity contribution in [2.45, 2.75) is 21.3 Å². The minimum atomic E-state index is -0.371. The fraction of sp³-hybridized carbons (Fsp3) is 0.214. The van der Waals surface area contributed by atoms with Crippen LogP contribution in [0.3, 0.4) is 0 Å². The molecule has 0 spiro atoms. The van der Waals surface area contributed by atoms with Crippen molar-refractivity contribution in [2.24, 2.45) is 4.99 Å². The highest BCUT2D eigenvalue weighted by atomic mass is 19.1. The third-order valence-corrected chi connectivity index (χ3v) is 2.31. The molecular weight excluding hydrogens is 215 g/mol. The minimum absolute atomic E-state index is 0. The zero-order valence-electron chi connectivity index (χ0n) is 9.50. The second kappa shape index (κ2) is 6.63. The second-order valence-corrected chi connectivity index (χ2v) is 3.36. The lowest BCUT2D eigenvalue weighted by Crippen LogP contribution is -2.00. The molecule has 0 radical (unpaired) electrons. The first kappa shape index (κ1) is 15.1. The van der Waals surface area contributed by atoms with Gasteiger partial charge in [0.2, 0.25) is 0 Å². The standard InChI is InChI=1S/C13H15FN2.CH4/c1-4-10(8-16-5-2)11-7-6-9(3)12(14)13(11)15;/h4-8H,2,15H2,1,3H3;1H4/b10-4+,16-8?;. The molecule has 17 heavy (non-hydrogen) atoms. The number of nitrogens with zero attached hydrogens (tertiary/aromatic N) is 1. The van der Waals surface area contributed by atoms with Crippen molar-refractivity contribution in [1.82, 2.24) is 0 Å². The van der Waals surface area contributed by atoms with Crippen LogP contribution in [-0.4, -0.2) is 6.21 Å². The first-order valence-corrected chi connectivity index (χ1v) is 4.97. The Morgan fingerprint density at radius 2 is 2.12 bits per heavy atom. The van der Waals surface area contributed by atoms with Crippen LogP contribution in [0.25, 0.3) is 5.57 Å². The minimum Gasteiger partial charge on any atom is -0.396 e. The first-order chi connectivity index (χ1) is 7.61. The largest absolute Gasteiger partial charge is 0.396 e. The van der Waals surface area contributed by atoms with Gasteiger partial charge in [-0.25, -0.2) is 4.39 Å². The van der Waals surface area contributed by atoms with Gasteiger partial charge >= 0.3 is 0 Å². The number of rotatable bonds is 3. The molecule has 0 aliphatic heterocycles. The highest BCUT2D eigenvalue weighted by molar-refractivity contribution is 6.11. The molecule has 0 heterocycles. The molecule has 0 aliphatic rings. The van der Waals surface area contributed by atoms with Crippen LogP contribution in [0.1, 0.15) is 25.5 Å². The summed E-state index contributed by atoms with van der Waals surface area (Å²) in [5, 5.41) is 0. The lowest BCUT2D eigenvalue weighted by atomic mass is 10.0. The highest BCUT2D eigenvalue weighted by Crippen LogP contribution is 2.25. The number of hydrogen-bond acceptors (Lipinski definition) is 2. The zero-order valence-corrected chi connectivity index (χ0v) is 9.50. The number of aliphatic imine (C=N–C) groups is 1. The van der Waals surface area contributed by atoms with E-state index < -0.39 is 0 Å². The Bertz CT molecular complexity index is 460. The summed E-state index contributed by atoms with van der Waals surface area (Å²) in [5.41, 5.74) is 7.85. The van der Waals surface area contributed by atoms with Crippen LogP contribution in [0.15, 0.2) is 36.0 Å². The number of anilines is 1. The average Bonchev–Trinajstić information content (AvgIpc) is 2.29. The molecule has 0 aliphatic carbocycles. The Kier molecular flexibility index (Phi) is 5.89. The molecule has 2 nitrogen and oxygen atoms in total. The summed E-state index contributed by atoms with van der Waals surface area (Å²) in [6.45, 7) is 7.02. The predicted molar refractivity (Wildman–Crippen MR) is 74.6 cm³/mol. The Balaban J connectivity index is 0.00000256. The van der Waals surface area contributed by atoms with Gasteiger partial charge in [-0.2, -0.15) is 0 Å². The van der Waals surface area contributed by atoms with Gasteiger partial charge < -0.3 is 5.73 Å².